The number of allylic oxidation sites excluding steroid dienone is 1. The van der Waals surface area contributed by atoms with Crippen LogP contribution in [0.15, 0.2) is 30.4 Å². The highest BCUT2D eigenvalue weighted by Crippen LogP contribution is 2.42. The van der Waals surface area contributed by atoms with E-state index in [2.05, 4.69) is 112 Å². The lowest BCUT2D eigenvalue weighted by Crippen LogP contribution is -2.42. The number of fused-ring (bicyclic) bond motifs is 1. The van der Waals surface area contributed by atoms with E-state index in [1.54, 1.807) is 7.11 Å². The zero-order valence-electron chi connectivity index (χ0n) is 21.6. The van der Waals surface area contributed by atoms with Crippen molar-refractivity contribution in [3.63, 3.8) is 0 Å². The molecule has 0 aliphatic carbocycles. The standard InChI is InChI=1S/C25H42INO3Si2/c1-11-12-22(30-32(9,10)25(2,3)4)24-23(26)20-14-13-19(28-5)17-21(20)27(24)18-29-15-16-31(6,7)8/h11-14,17,22H,15-16,18H2,1-10H3/b12-11+. The second-order valence-electron chi connectivity index (χ2n) is 11.2. The Bertz CT molecular complexity index is 939. The molecule has 0 N–H and O–H groups in total. The fraction of sp³-hybridized carbons (Fsp3) is 0.600. The van der Waals surface area contributed by atoms with Crippen LogP contribution in [-0.4, -0.2) is 34.7 Å². The third-order valence-corrected chi connectivity index (χ3v) is 13.6. The first-order valence-electron chi connectivity index (χ1n) is 11.5. The molecule has 0 saturated heterocycles. The Kier molecular flexibility index (Phi) is 9.29. The van der Waals surface area contributed by atoms with E-state index >= 15 is 0 Å². The SMILES string of the molecule is C/C=C/C(O[Si](C)(C)C(C)(C)C)c1c(I)c2ccc(OC)cc2n1COCC[Si](C)(C)C. The molecule has 7 heteroatoms. The van der Waals surface area contributed by atoms with Crippen molar-refractivity contribution in [2.45, 2.75) is 84.3 Å². The molecule has 1 heterocycles. The van der Waals surface area contributed by atoms with Gasteiger partial charge in [0.1, 0.15) is 18.6 Å². The van der Waals surface area contributed by atoms with Gasteiger partial charge in [-0.2, -0.15) is 0 Å². The fourth-order valence-corrected chi connectivity index (χ4v) is 6.23. The second kappa shape index (κ2) is 10.8. The van der Waals surface area contributed by atoms with Crippen LogP contribution in [-0.2, 0) is 15.9 Å². The van der Waals surface area contributed by atoms with Crippen LogP contribution in [0.5, 0.6) is 5.75 Å². The third-order valence-electron chi connectivity index (χ3n) is 6.33. The van der Waals surface area contributed by atoms with Crippen molar-refractivity contribution in [1.29, 1.82) is 0 Å². The number of aromatic nitrogens is 1. The van der Waals surface area contributed by atoms with Gasteiger partial charge in [-0.05, 0) is 65.8 Å². The van der Waals surface area contributed by atoms with Crippen LogP contribution in [0.2, 0.25) is 43.8 Å². The average Bonchev–Trinajstić information content (AvgIpc) is 2.94. The molecule has 1 unspecified atom stereocenters. The smallest absolute Gasteiger partial charge is 0.193 e. The Morgan fingerprint density at radius 3 is 2.31 bits per heavy atom. The highest BCUT2D eigenvalue weighted by molar-refractivity contribution is 14.1. The molecule has 0 saturated carbocycles. The molecule has 2 rings (SSSR count). The van der Waals surface area contributed by atoms with E-state index in [0.717, 1.165) is 23.9 Å². The average molecular weight is 588 g/mol. The van der Waals surface area contributed by atoms with Gasteiger partial charge in [-0.15, -0.1) is 0 Å². The minimum atomic E-state index is -1.99. The van der Waals surface area contributed by atoms with Gasteiger partial charge >= 0.3 is 0 Å². The number of nitrogens with zero attached hydrogens (tertiary/aromatic N) is 1. The summed E-state index contributed by atoms with van der Waals surface area (Å²) in [5.41, 5.74) is 2.30. The van der Waals surface area contributed by atoms with Crippen molar-refractivity contribution in [2.24, 2.45) is 0 Å². The quantitative estimate of drug-likeness (QED) is 0.122. The van der Waals surface area contributed by atoms with Gasteiger partial charge in [0.25, 0.3) is 0 Å². The number of hydrogen-bond acceptors (Lipinski definition) is 3. The summed E-state index contributed by atoms with van der Waals surface area (Å²) in [5, 5.41) is 1.34. The Hall–Kier alpha value is -0.616. The maximum absolute atomic E-state index is 6.94. The Morgan fingerprint density at radius 2 is 1.78 bits per heavy atom. The molecule has 0 amide bonds. The largest absolute Gasteiger partial charge is 0.497 e. The first-order chi connectivity index (χ1) is 14.7. The van der Waals surface area contributed by atoms with Crippen molar-refractivity contribution in [1.82, 2.24) is 4.57 Å². The van der Waals surface area contributed by atoms with Crippen molar-refractivity contribution in [2.75, 3.05) is 13.7 Å². The molecule has 4 nitrogen and oxygen atoms in total. The van der Waals surface area contributed by atoms with Crippen LogP contribution in [0.4, 0.5) is 0 Å². The predicted octanol–water partition coefficient (Wildman–Crippen LogP) is 8.21. The molecular formula is C25H42INO3Si2. The van der Waals surface area contributed by atoms with Gasteiger partial charge in [-0.1, -0.05) is 52.6 Å². The summed E-state index contributed by atoms with van der Waals surface area (Å²) < 4.78 is 22.2. The zero-order valence-corrected chi connectivity index (χ0v) is 25.8. The normalized spacial score (nSPS) is 14.5. The van der Waals surface area contributed by atoms with Crippen LogP contribution in [0.1, 0.15) is 39.5 Å². The monoisotopic (exact) mass is 587 g/mol. The highest BCUT2D eigenvalue weighted by atomic mass is 127. The maximum Gasteiger partial charge on any atom is 0.193 e. The van der Waals surface area contributed by atoms with E-state index in [4.69, 9.17) is 13.9 Å². The molecule has 0 radical (unpaired) electrons. The number of benzene rings is 1. The van der Waals surface area contributed by atoms with Gasteiger partial charge in [0, 0.05) is 29.7 Å². The molecule has 180 valence electrons. The Labute approximate surface area is 211 Å². The van der Waals surface area contributed by atoms with E-state index < -0.39 is 16.4 Å². The predicted molar refractivity (Wildman–Crippen MR) is 151 cm³/mol. The number of methoxy groups -OCH3 is 1. The highest BCUT2D eigenvalue weighted by Gasteiger charge is 2.40. The molecule has 1 aromatic heterocycles. The van der Waals surface area contributed by atoms with E-state index in [1.165, 1.54) is 14.7 Å². The molecule has 1 aromatic carbocycles. The molecule has 0 bridgehead atoms. The first-order valence-corrected chi connectivity index (χ1v) is 19.2. The number of halogens is 1. The second-order valence-corrected chi connectivity index (χ2v) is 22.6. The molecular weight excluding hydrogens is 545 g/mol. The van der Waals surface area contributed by atoms with Gasteiger partial charge in [0.05, 0.1) is 18.3 Å². The molecule has 0 aliphatic heterocycles. The van der Waals surface area contributed by atoms with E-state index in [1.807, 2.05) is 6.07 Å². The summed E-state index contributed by atoms with van der Waals surface area (Å²) in [6.45, 7) is 22.0. The summed E-state index contributed by atoms with van der Waals surface area (Å²) in [5.74, 6) is 0.856. The van der Waals surface area contributed by atoms with Gasteiger partial charge < -0.3 is 18.5 Å². The van der Waals surface area contributed by atoms with Crippen LogP contribution in [0, 0.1) is 3.57 Å². The molecule has 32 heavy (non-hydrogen) atoms. The van der Waals surface area contributed by atoms with E-state index in [-0.39, 0.29) is 11.1 Å². The third kappa shape index (κ3) is 6.71. The lowest BCUT2D eigenvalue weighted by atomic mass is 10.2. The molecule has 0 aliphatic rings. The van der Waals surface area contributed by atoms with Crippen molar-refractivity contribution in [3.05, 3.63) is 39.6 Å². The molecule has 0 spiro atoms. The lowest BCUT2D eigenvalue weighted by Gasteiger charge is -2.39. The van der Waals surface area contributed by atoms with Gasteiger partial charge in [-0.25, -0.2) is 0 Å². The fourth-order valence-electron chi connectivity index (χ4n) is 3.24. The van der Waals surface area contributed by atoms with Crippen LogP contribution in [0.25, 0.3) is 10.9 Å². The zero-order chi connectivity index (χ0) is 24.3. The topological polar surface area (TPSA) is 32.6 Å². The molecule has 2 aromatic rings. The summed E-state index contributed by atoms with van der Waals surface area (Å²) in [7, 11) is -1.42. The summed E-state index contributed by atoms with van der Waals surface area (Å²) >= 11 is 2.48. The summed E-state index contributed by atoms with van der Waals surface area (Å²) in [6, 6.07) is 7.45. The van der Waals surface area contributed by atoms with E-state index in [9.17, 15) is 0 Å². The molecule has 0 fully saturated rings. The number of rotatable bonds is 10. The maximum atomic E-state index is 6.94. The van der Waals surface area contributed by atoms with Crippen LogP contribution >= 0.6 is 22.6 Å². The molecule has 1 atom stereocenters. The van der Waals surface area contributed by atoms with Gasteiger partial charge in [0.2, 0.25) is 0 Å². The van der Waals surface area contributed by atoms with Crippen molar-refractivity contribution >= 4 is 49.9 Å². The Morgan fingerprint density at radius 1 is 1.12 bits per heavy atom. The van der Waals surface area contributed by atoms with Gasteiger partial charge in [-0.3, -0.25) is 0 Å². The number of hydrogen-bond donors (Lipinski definition) is 0. The minimum absolute atomic E-state index is 0.119. The summed E-state index contributed by atoms with van der Waals surface area (Å²) in [4.78, 5) is 0. The van der Waals surface area contributed by atoms with Crippen LogP contribution < -0.4 is 4.74 Å². The van der Waals surface area contributed by atoms with Crippen molar-refractivity contribution < 1.29 is 13.9 Å². The van der Waals surface area contributed by atoms with E-state index in [0.29, 0.717) is 6.73 Å². The van der Waals surface area contributed by atoms with Crippen molar-refractivity contribution in [3.8, 4) is 5.75 Å². The Balaban J connectivity index is 2.57. The first kappa shape index (κ1) is 27.6. The summed E-state index contributed by atoms with van der Waals surface area (Å²) in [6.07, 6.45) is 4.17. The van der Waals surface area contributed by atoms with Gasteiger partial charge in [0.15, 0.2) is 8.32 Å². The lowest BCUT2D eigenvalue weighted by molar-refractivity contribution is 0.0834. The van der Waals surface area contributed by atoms with Crippen LogP contribution in [0.3, 0.4) is 0 Å². The minimum Gasteiger partial charge on any atom is -0.497 e. The number of ether oxygens (including phenoxy) is 2.